The van der Waals surface area contributed by atoms with Gasteiger partial charge >= 0.3 is 5.97 Å². The fraction of sp³-hybridized carbons (Fsp3) is 0.118. The van der Waals surface area contributed by atoms with Crippen molar-refractivity contribution in [1.29, 1.82) is 0 Å². The summed E-state index contributed by atoms with van der Waals surface area (Å²) in [5.41, 5.74) is 2.09. The van der Waals surface area contributed by atoms with Crippen LogP contribution in [0.25, 0.3) is 6.08 Å². The van der Waals surface area contributed by atoms with E-state index in [0.717, 1.165) is 11.1 Å². The molecule has 0 spiro atoms. The van der Waals surface area contributed by atoms with Crippen LogP contribution >= 0.6 is 0 Å². The van der Waals surface area contributed by atoms with Crippen LogP contribution in [0.1, 0.15) is 11.1 Å². The molecule has 1 aliphatic heterocycles. The molecule has 0 radical (unpaired) electrons. The van der Waals surface area contributed by atoms with E-state index in [2.05, 4.69) is 0 Å². The number of hydrogen-bond donors (Lipinski definition) is 1. The minimum absolute atomic E-state index is 0.0739. The molecule has 0 aliphatic carbocycles. The molecule has 4 nitrogen and oxygen atoms in total. The lowest BCUT2D eigenvalue weighted by molar-refractivity contribution is -0.132. The summed E-state index contributed by atoms with van der Waals surface area (Å²) in [7, 11) is 0. The van der Waals surface area contributed by atoms with Crippen molar-refractivity contribution in [2.24, 2.45) is 0 Å². The standard InChI is InChI=1S/C17H14O4/c18-17(19)14-8-13-6-7-15(9-16(13)21-11-14)20-10-12-4-2-1-3-5-12/h1-9H,10-11H2,(H,18,19). The zero-order valence-corrected chi connectivity index (χ0v) is 11.3. The van der Waals surface area contributed by atoms with Crippen molar-refractivity contribution < 1.29 is 19.4 Å². The van der Waals surface area contributed by atoms with Crippen LogP contribution in [0.4, 0.5) is 0 Å². The SMILES string of the molecule is O=C(O)C1=Cc2ccc(OCc3ccccc3)cc2OC1. The smallest absolute Gasteiger partial charge is 0.335 e. The van der Waals surface area contributed by atoms with E-state index in [0.29, 0.717) is 18.1 Å². The number of carbonyl (C=O) groups is 1. The van der Waals surface area contributed by atoms with Crippen LogP contribution < -0.4 is 9.47 Å². The van der Waals surface area contributed by atoms with Crippen molar-refractivity contribution >= 4 is 12.0 Å². The molecule has 0 saturated carbocycles. The van der Waals surface area contributed by atoms with Crippen LogP contribution in [0.15, 0.2) is 54.1 Å². The van der Waals surface area contributed by atoms with E-state index in [-0.39, 0.29) is 12.2 Å². The Morgan fingerprint density at radius 3 is 2.76 bits per heavy atom. The molecule has 21 heavy (non-hydrogen) atoms. The molecule has 1 heterocycles. The zero-order chi connectivity index (χ0) is 14.7. The first-order valence-electron chi connectivity index (χ1n) is 6.60. The number of benzene rings is 2. The lowest BCUT2D eigenvalue weighted by atomic mass is 10.1. The van der Waals surface area contributed by atoms with E-state index in [1.807, 2.05) is 36.4 Å². The number of hydrogen-bond acceptors (Lipinski definition) is 3. The molecule has 3 rings (SSSR count). The molecule has 2 aromatic carbocycles. The van der Waals surface area contributed by atoms with E-state index in [9.17, 15) is 4.79 Å². The average molecular weight is 282 g/mol. The second-order valence-corrected chi connectivity index (χ2v) is 4.74. The molecule has 4 heteroatoms. The maximum Gasteiger partial charge on any atom is 0.335 e. The quantitative estimate of drug-likeness (QED) is 0.936. The van der Waals surface area contributed by atoms with Crippen LogP contribution in [0.2, 0.25) is 0 Å². The fourth-order valence-electron chi connectivity index (χ4n) is 2.10. The van der Waals surface area contributed by atoms with E-state index in [4.69, 9.17) is 14.6 Å². The van der Waals surface area contributed by atoms with Gasteiger partial charge in [0.15, 0.2) is 0 Å². The zero-order valence-electron chi connectivity index (χ0n) is 11.3. The highest BCUT2D eigenvalue weighted by Crippen LogP contribution is 2.30. The Kier molecular flexibility index (Phi) is 3.60. The van der Waals surface area contributed by atoms with Gasteiger partial charge < -0.3 is 14.6 Å². The number of carboxylic acid groups (broad SMARTS) is 1. The van der Waals surface area contributed by atoms with Crippen molar-refractivity contribution in [1.82, 2.24) is 0 Å². The molecule has 106 valence electrons. The Bertz CT molecular complexity index is 689. The topological polar surface area (TPSA) is 55.8 Å². The molecular weight excluding hydrogens is 268 g/mol. The summed E-state index contributed by atoms with van der Waals surface area (Å²) in [6, 6.07) is 15.3. The third kappa shape index (κ3) is 3.05. The minimum Gasteiger partial charge on any atom is -0.489 e. The predicted molar refractivity (Wildman–Crippen MR) is 78.3 cm³/mol. The summed E-state index contributed by atoms with van der Waals surface area (Å²) in [4.78, 5) is 10.9. The van der Waals surface area contributed by atoms with E-state index < -0.39 is 5.97 Å². The Morgan fingerprint density at radius 1 is 1.19 bits per heavy atom. The number of aliphatic carboxylic acids is 1. The van der Waals surface area contributed by atoms with Gasteiger partial charge in [-0.2, -0.15) is 0 Å². The second kappa shape index (κ2) is 5.71. The first kappa shape index (κ1) is 13.2. The van der Waals surface area contributed by atoms with Gasteiger partial charge in [0.1, 0.15) is 24.7 Å². The van der Waals surface area contributed by atoms with Crippen LogP contribution in [-0.4, -0.2) is 17.7 Å². The third-order valence-electron chi connectivity index (χ3n) is 3.22. The Morgan fingerprint density at radius 2 is 2.00 bits per heavy atom. The van der Waals surface area contributed by atoms with Gasteiger partial charge in [-0.05, 0) is 23.8 Å². The highest BCUT2D eigenvalue weighted by atomic mass is 16.5. The van der Waals surface area contributed by atoms with E-state index in [1.165, 1.54) is 0 Å². The summed E-state index contributed by atoms with van der Waals surface area (Å²) in [6.45, 7) is 0.556. The lowest BCUT2D eigenvalue weighted by Gasteiger charge is -2.17. The van der Waals surface area contributed by atoms with Crippen molar-refractivity contribution in [3.05, 3.63) is 65.2 Å². The minimum atomic E-state index is -0.954. The molecule has 0 aromatic heterocycles. The summed E-state index contributed by atoms with van der Waals surface area (Å²) >= 11 is 0. The molecule has 0 fully saturated rings. The average Bonchev–Trinajstić information content (AvgIpc) is 2.53. The molecule has 2 aromatic rings. The number of carboxylic acids is 1. The Hall–Kier alpha value is -2.75. The molecule has 0 amide bonds. The van der Waals surface area contributed by atoms with Crippen LogP contribution in [0.3, 0.4) is 0 Å². The summed E-state index contributed by atoms with van der Waals surface area (Å²) in [5.74, 6) is 0.389. The number of ether oxygens (including phenoxy) is 2. The predicted octanol–water partition coefficient (Wildman–Crippen LogP) is 3.13. The molecule has 1 N–H and O–H groups in total. The van der Waals surface area contributed by atoms with Crippen LogP contribution in [0, 0.1) is 0 Å². The molecule has 0 unspecified atom stereocenters. The van der Waals surface area contributed by atoms with Crippen molar-refractivity contribution in [3.63, 3.8) is 0 Å². The number of rotatable bonds is 4. The van der Waals surface area contributed by atoms with Crippen molar-refractivity contribution in [2.45, 2.75) is 6.61 Å². The third-order valence-corrected chi connectivity index (χ3v) is 3.22. The largest absolute Gasteiger partial charge is 0.489 e. The van der Waals surface area contributed by atoms with Crippen molar-refractivity contribution in [3.8, 4) is 11.5 Å². The van der Waals surface area contributed by atoms with Gasteiger partial charge in [0.25, 0.3) is 0 Å². The number of fused-ring (bicyclic) bond motifs is 1. The molecule has 0 bridgehead atoms. The summed E-state index contributed by atoms with van der Waals surface area (Å²) < 4.78 is 11.2. The highest BCUT2D eigenvalue weighted by Gasteiger charge is 2.16. The lowest BCUT2D eigenvalue weighted by Crippen LogP contribution is -2.14. The van der Waals surface area contributed by atoms with E-state index >= 15 is 0 Å². The molecular formula is C17H14O4. The normalized spacial score (nSPS) is 12.9. The summed E-state index contributed by atoms with van der Waals surface area (Å²) in [5, 5.41) is 8.96. The fourth-order valence-corrected chi connectivity index (χ4v) is 2.10. The Labute approximate surface area is 122 Å². The molecule has 0 saturated heterocycles. The van der Waals surface area contributed by atoms with Gasteiger partial charge in [0.05, 0.1) is 5.57 Å². The second-order valence-electron chi connectivity index (χ2n) is 4.74. The highest BCUT2D eigenvalue weighted by molar-refractivity contribution is 5.93. The monoisotopic (exact) mass is 282 g/mol. The summed E-state index contributed by atoms with van der Waals surface area (Å²) in [6.07, 6.45) is 1.63. The Balaban J connectivity index is 1.74. The van der Waals surface area contributed by atoms with Gasteiger partial charge in [-0.1, -0.05) is 30.3 Å². The van der Waals surface area contributed by atoms with Crippen LogP contribution in [-0.2, 0) is 11.4 Å². The maximum atomic E-state index is 10.9. The maximum absolute atomic E-state index is 10.9. The van der Waals surface area contributed by atoms with Gasteiger partial charge in [-0.15, -0.1) is 0 Å². The first-order chi connectivity index (χ1) is 10.2. The van der Waals surface area contributed by atoms with Gasteiger partial charge in [0.2, 0.25) is 0 Å². The van der Waals surface area contributed by atoms with Crippen molar-refractivity contribution in [2.75, 3.05) is 6.61 Å². The van der Waals surface area contributed by atoms with E-state index in [1.54, 1.807) is 18.2 Å². The molecule has 1 aliphatic rings. The van der Waals surface area contributed by atoms with Gasteiger partial charge in [0, 0.05) is 11.6 Å². The van der Waals surface area contributed by atoms with Gasteiger partial charge in [-0.3, -0.25) is 0 Å². The van der Waals surface area contributed by atoms with Crippen LogP contribution in [0.5, 0.6) is 11.5 Å². The molecule has 0 atom stereocenters. The van der Waals surface area contributed by atoms with Gasteiger partial charge in [-0.25, -0.2) is 4.79 Å². The first-order valence-corrected chi connectivity index (χ1v) is 6.60.